The number of nitrogens with zero attached hydrogens (tertiary/aromatic N) is 4. The molecule has 0 saturated heterocycles. The van der Waals surface area contributed by atoms with E-state index in [0.717, 1.165) is 89.4 Å². The molecule has 0 unspecified atom stereocenters. The summed E-state index contributed by atoms with van der Waals surface area (Å²) in [5.74, 6) is 0. The average molecular weight is 851 g/mol. The molecule has 0 atom stereocenters. The second-order valence-electron chi connectivity index (χ2n) is 18.7. The third kappa shape index (κ3) is 7.28. The van der Waals surface area contributed by atoms with Crippen LogP contribution in [0, 0.1) is 50.4 Å². The topological polar surface area (TPSA) is 54.1 Å². The molecule has 0 saturated carbocycles. The van der Waals surface area contributed by atoms with Crippen LogP contribution in [-0.2, 0) is 5.41 Å². The summed E-state index contributed by atoms with van der Waals surface area (Å²) in [6.45, 7) is 15.4. The molecule has 0 bridgehead atoms. The van der Waals surface area contributed by atoms with Gasteiger partial charge in [-0.1, -0.05) is 142 Å². The molecule has 0 radical (unpaired) electrons. The lowest BCUT2D eigenvalue weighted by atomic mass is 9.83. The number of hydrogen-bond donors (Lipinski definition) is 0. The molecule has 0 fully saturated rings. The van der Waals surface area contributed by atoms with E-state index in [1.54, 1.807) is 0 Å². The zero-order chi connectivity index (χ0) is 45.9. The molecular formula is C62H50N4. The van der Waals surface area contributed by atoms with Crippen LogP contribution in [0.3, 0.4) is 0 Å². The zero-order valence-corrected chi connectivity index (χ0v) is 38.5. The van der Waals surface area contributed by atoms with Crippen LogP contribution in [0.25, 0.3) is 54.6 Å². The van der Waals surface area contributed by atoms with E-state index >= 15 is 0 Å². The molecule has 0 aliphatic heterocycles. The van der Waals surface area contributed by atoms with Gasteiger partial charge in [0.2, 0.25) is 0 Å². The number of nitriles is 2. The van der Waals surface area contributed by atoms with Gasteiger partial charge < -0.3 is 9.80 Å². The highest BCUT2D eigenvalue weighted by Gasteiger charge is 2.28. The maximum Gasteiger partial charge on any atom is 0.0991 e. The maximum atomic E-state index is 10.1. The van der Waals surface area contributed by atoms with Gasteiger partial charge in [0.15, 0.2) is 0 Å². The van der Waals surface area contributed by atoms with Crippen molar-refractivity contribution >= 4 is 66.4 Å². The molecule has 0 aliphatic rings. The first-order chi connectivity index (χ1) is 31.9. The molecule has 0 aliphatic carbocycles. The smallest absolute Gasteiger partial charge is 0.0991 e. The van der Waals surface area contributed by atoms with Gasteiger partial charge in [-0.25, -0.2) is 0 Å². The van der Waals surface area contributed by atoms with Gasteiger partial charge in [-0.15, -0.1) is 0 Å². The Labute approximate surface area is 388 Å². The first-order valence-corrected chi connectivity index (χ1v) is 22.6. The van der Waals surface area contributed by atoms with Gasteiger partial charge in [-0.3, -0.25) is 0 Å². The second kappa shape index (κ2) is 16.4. The number of aryl methyl sites for hydroxylation is 4. The second-order valence-corrected chi connectivity index (χ2v) is 18.7. The molecule has 10 aromatic rings. The van der Waals surface area contributed by atoms with E-state index in [0.29, 0.717) is 11.1 Å². The summed E-state index contributed by atoms with van der Waals surface area (Å²) < 4.78 is 0. The molecule has 0 N–H and O–H groups in total. The van der Waals surface area contributed by atoms with E-state index in [2.05, 4.69) is 222 Å². The lowest BCUT2D eigenvalue weighted by molar-refractivity contribution is 0.591. The monoisotopic (exact) mass is 850 g/mol. The minimum Gasteiger partial charge on any atom is -0.309 e. The van der Waals surface area contributed by atoms with Crippen molar-refractivity contribution in [2.45, 2.75) is 53.9 Å². The van der Waals surface area contributed by atoms with Gasteiger partial charge in [0.25, 0.3) is 0 Å². The molecular weight excluding hydrogens is 801 g/mol. The van der Waals surface area contributed by atoms with Gasteiger partial charge >= 0.3 is 0 Å². The highest BCUT2D eigenvalue weighted by Crippen LogP contribution is 2.52. The van der Waals surface area contributed by atoms with Gasteiger partial charge in [0.05, 0.1) is 34.6 Å². The molecule has 0 aromatic heterocycles. The van der Waals surface area contributed by atoms with Gasteiger partial charge in [-0.05, 0) is 154 Å². The Hall–Kier alpha value is -8.18. The Morgan fingerprint density at radius 3 is 1.20 bits per heavy atom. The van der Waals surface area contributed by atoms with Crippen molar-refractivity contribution in [3.63, 3.8) is 0 Å². The molecule has 318 valence electrons. The van der Waals surface area contributed by atoms with Crippen LogP contribution >= 0.6 is 0 Å². The highest BCUT2D eigenvalue weighted by molar-refractivity contribution is 6.29. The van der Waals surface area contributed by atoms with E-state index in [-0.39, 0.29) is 5.41 Å². The predicted octanol–water partition coefficient (Wildman–Crippen LogP) is 17.1. The van der Waals surface area contributed by atoms with Crippen molar-refractivity contribution in [2.75, 3.05) is 9.80 Å². The molecule has 66 heavy (non-hydrogen) atoms. The number of benzene rings is 10. The van der Waals surface area contributed by atoms with Crippen molar-refractivity contribution < 1.29 is 0 Å². The Morgan fingerprint density at radius 1 is 0.364 bits per heavy atom. The Kier molecular flexibility index (Phi) is 10.4. The van der Waals surface area contributed by atoms with Gasteiger partial charge in [0, 0.05) is 38.9 Å². The van der Waals surface area contributed by atoms with Crippen LogP contribution in [-0.4, -0.2) is 0 Å². The van der Waals surface area contributed by atoms with Crippen molar-refractivity contribution in [1.29, 1.82) is 10.5 Å². The highest BCUT2D eigenvalue weighted by atomic mass is 15.2. The van der Waals surface area contributed by atoms with Crippen LogP contribution in [0.5, 0.6) is 0 Å². The molecule has 4 heteroatoms. The fourth-order valence-corrected chi connectivity index (χ4v) is 9.73. The first kappa shape index (κ1) is 41.8. The quantitative estimate of drug-likeness (QED) is 0.143. The standard InChI is InChI=1S/C62H50N4/c1-39-18-22-47(45-14-10-8-11-15-45)34-56(39)65(54-28-20-43(37-63)30-41(54)3)58-36-59(53-27-25-50-33-51(62(5,6)7)32-49-24-26-52(58)61(53)60(49)50)66(55-29-21-44(38-64)31-42(55)4)57-35-48(23-19-40(57)2)46-16-12-9-13-17-46/h8-36H,1-7H3. The van der Waals surface area contributed by atoms with Crippen LogP contribution in [0.1, 0.15) is 59.7 Å². The molecule has 0 spiro atoms. The van der Waals surface area contributed by atoms with E-state index in [1.807, 2.05) is 24.3 Å². The summed E-state index contributed by atoms with van der Waals surface area (Å²) in [7, 11) is 0. The van der Waals surface area contributed by atoms with E-state index in [1.165, 1.54) is 27.1 Å². The van der Waals surface area contributed by atoms with E-state index < -0.39 is 0 Å². The van der Waals surface area contributed by atoms with Crippen LogP contribution in [0.2, 0.25) is 0 Å². The van der Waals surface area contributed by atoms with Gasteiger partial charge in [0.1, 0.15) is 0 Å². The fourth-order valence-electron chi connectivity index (χ4n) is 9.73. The van der Waals surface area contributed by atoms with Crippen LogP contribution in [0.4, 0.5) is 34.1 Å². The summed E-state index contributed by atoms with van der Waals surface area (Å²) in [6, 6.07) is 67.8. The minimum atomic E-state index is -0.0444. The van der Waals surface area contributed by atoms with Gasteiger partial charge in [-0.2, -0.15) is 10.5 Å². The molecule has 10 rings (SSSR count). The largest absolute Gasteiger partial charge is 0.309 e. The summed E-state index contributed by atoms with van der Waals surface area (Å²) in [4.78, 5) is 4.84. The molecule has 0 amide bonds. The van der Waals surface area contributed by atoms with Crippen LogP contribution in [0.15, 0.2) is 176 Å². The summed E-state index contributed by atoms with van der Waals surface area (Å²) in [5.41, 5.74) is 17.3. The average Bonchev–Trinajstić information content (AvgIpc) is 3.33. The SMILES string of the molecule is Cc1cc(C#N)ccc1N(c1cc(-c2ccccc2)ccc1C)c1cc(N(c2ccc(C#N)cc2C)c2cc(-c3ccccc3)ccc2C)c2ccc3cc(C(C)(C)C)cc4ccc1c2c43. The summed E-state index contributed by atoms with van der Waals surface area (Å²) >= 11 is 0. The lowest BCUT2D eigenvalue weighted by Gasteiger charge is -2.35. The predicted molar refractivity (Wildman–Crippen MR) is 277 cm³/mol. The van der Waals surface area contributed by atoms with E-state index in [9.17, 15) is 10.5 Å². The molecule has 4 nitrogen and oxygen atoms in total. The normalized spacial score (nSPS) is 11.5. The number of anilines is 6. The third-order valence-corrected chi connectivity index (χ3v) is 13.3. The Balaban J connectivity index is 1.38. The van der Waals surface area contributed by atoms with E-state index in [4.69, 9.17) is 0 Å². The third-order valence-electron chi connectivity index (χ3n) is 13.3. The number of hydrogen-bond acceptors (Lipinski definition) is 4. The van der Waals surface area contributed by atoms with Crippen molar-refractivity contribution in [3.8, 4) is 34.4 Å². The Bertz CT molecular complexity index is 3360. The van der Waals surface area contributed by atoms with Crippen LogP contribution < -0.4 is 9.80 Å². The lowest BCUT2D eigenvalue weighted by Crippen LogP contribution is -2.17. The zero-order valence-electron chi connectivity index (χ0n) is 38.5. The number of rotatable bonds is 8. The Morgan fingerprint density at radius 2 is 0.803 bits per heavy atom. The van der Waals surface area contributed by atoms with Crippen molar-refractivity contribution in [2.24, 2.45) is 0 Å². The van der Waals surface area contributed by atoms with Crippen molar-refractivity contribution in [3.05, 3.63) is 215 Å². The molecule has 0 heterocycles. The van der Waals surface area contributed by atoms with Crippen molar-refractivity contribution in [1.82, 2.24) is 0 Å². The maximum absolute atomic E-state index is 10.1. The molecule has 10 aromatic carbocycles. The first-order valence-electron chi connectivity index (χ1n) is 22.6. The fraction of sp³-hybridized carbons (Fsp3) is 0.129. The minimum absolute atomic E-state index is 0.0444. The summed E-state index contributed by atoms with van der Waals surface area (Å²) in [5, 5.41) is 27.2. The summed E-state index contributed by atoms with van der Waals surface area (Å²) in [6.07, 6.45) is 0.